The Kier molecular flexibility index (Phi) is 2.99. The minimum absolute atomic E-state index is 0.670. The van der Waals surface area contributed by atoms with E-state index in [4.69, 9.17) is 0 Å². The molecule has 1 aromatic rings. The molecule has 1 heterocycles. The fraction of sp³-hybridized carbons (Fsp3) is 0.571. The topological polar surface area (TPSA) is 12.0 Å². The molecule has 1 aliphatic heterocycles. The normalized spacial score (nSPS) is 21.7. The molecule has 2 atom stereocenters. The summed E-state index contributed by atoms with van der Waals surface area (Å²) in [6.07, 6.45) is 3.78. The van der Waals surface area contributed by atoms with Gasteiger partial charge in [0.2, 0.25) is 0 Å². The largest absolute Gasteiger partial charge is 0.382 e. The maximum absolute atomic E-state index is 3.72. The van der Waals surface area contributed by atoms with Crippen LogP contribution in [0.25, 0.3) is 0 Å². The summed E-state index contributed by atoms with van der Waals surface area (Å²) >= 11 is 0. The minimum atomic E-state index is 0.670. The highest BCUT2D eigenvalue weighted by atomic mass is 14.9. The lowest BCUT2D eigenvalue weighted by atomic mass is 9.88. The van der Waals surface area contributed by atoms with Crippen molar-refractivity contribution >= 4 is 5.69 Å². The molecule has 0 bridgehead atoms. The van der Waals surface area contributed by atoms with Crippen LogP contribution in [0.3, 0.4) is 0 Å². The molecule has 2 unspecified atom stereocenters. The van der Waals surface area contributed by atoms with Crippen molar-refractivity contribution in [1.82, 2.24) is 0 Å². The van der Waals surface area contributed by atoms with Gasteiger partial charge in [-0.3, -0.25) is 0 Å². The molecule has 1 nitrogen and oxygen atoms in total. The maximum atomic E-state index is 3.72. The Labute approximate surface area is 92.9 Å². The van der Waals surface area contributed by atoms with Crippen LogP contribution in [0.4, 0.5) is 5.69 Å². The van der Waals surface area contributed by atoms with E-state index in [1.807, 2.05) is 0 Å². The van der Waals surface area contributed by atoms with Gasteiger partial charge in [0.05, 0.1) is 0 Å². The first kappa shape index (κ1) is 10.5. The molecule has 1 N–H and O–H groups in total. The zero-order valence-corrected chi connectivity index (χ0v) is 10.0. The Balaban J connectivity index is 2.22. The van der Waals surface area contributed by atoms with Gasteiger partial charge in [-0.25, -0.2) is 0 Å². The Morgan fingerprint density at radius 2 is 2.27 bits per heavy atom. The fourth-order valence-electron chi connectivity index (χ4n) is 2.42. The van der Waals surface area contributed by atoms with Crippen molar-refractivity contribution in [3.8, 4) is 0 Å². The summed E-state index contributed by atoms with van der Waals surface area (Å²) in [7, 11) is 0. The lowest BCUT2D eigenvalue weighted by Crippen LogP contribution is -2.31. The van der Waals surface area contributed by atoms with E-state index in [2.05, 4.69) is 44.3 Å². The van der Waals surface area contributed by atoms with Crippen molar-refractivity contribution in [3.05, 3.63) is 29.3 Å². The summed E-state index contributed by atoms with van der Waals surface area (Å²) < 4.78 is 0. The molecule has 82 valence electrons. The van der Waals surface area contributed by atoms with Crippen LogP contribution in [-0.4, -0.2) is 6.04 Å². The van der Waals surface area contributed by atoms with E-state index in [1.165, 1.54) is 36.1 Å². The Bertz CT molecular complexity index is 343. The first-order chi connectivity index (χ1) is 7.22. The van der Waals surface area contributed by atoms with Crippen LogP contribution in [0.2, 0.25) is 0 Å². The number of rotatable bonds is 2. The highest BCUT2D eigenvalue weighted by molar-refractivity contribution is 5.59. The summed E-state index contributed by atoms with van der Waals surface area (Å²) in [6, 6.07) is 7.29. The third-order valence-electron chi connectivity index (χ3n) is 3.74. The molecule has 0 aromatic heterocycles. The van der Waals surface area contributed by atoms with E-state index in [9.17, 15) is 0 Å². The smallest absolute Gasteiger partial charge is 0.0404 e. The van der Waals surface area contributed by atoms with E-state index in [1.54, 1.807) is 0 Å². The number of hydrogen-bond acceptors (Lipinski definition) is 1. The fourth-order valence-corrected chi connectivity index (χ4v) is 2.42. The molecule has 0 aliphatic carbocycles. The molecule has 0 radical (unpaired) electrons. The van der Waals surface area contributed by atoms with Crippen molar-refractivity contribution in [2.24, 2.45) is 5.92 Å². The molecule has 0 saturated carbocycles. The molecule has 1 heteroatoms. The Morgan fingerprint density at radius 1 is 1.47 bits per heavy atom. The Hall–Kier alpha value is -0.980. The second kappa shape index (κ2) is 4.26. The highest BCUT2D eigenvalue weighted by Crippen LogP contribution is 2.30. The van der Waals surface area contributed by atoms with Gasteiger partial charge < -0.3 is 5.32 Å². The number of para-hydroxylation sites is 1. The molecule has 0 fully saturated rings. The molecule has 2 rings (SSSR count). The summed E-state index contributed by atoms with van der Waals surface area (Å²) in [6.45, 7) is 6.82. The lowest BCUT2D eigenvalue weighted by Gasteiger charge is -2.32. The second-order valence-electron chi connectivity index (χ2n) is 4.78. The number of anilines is 1. The highest BCUT2D eigenvalue weighted by Gasteiger charge is 2.22. The molecule has 1 aliphatic rings. The van der Waals surface area contributed by atoms with Crippen molar-refractivity contribution in [3.63, 3.8) is 0 Å². The predicted octanol–water partition coefficient (Wildman–Crippen LogP) is 3.77. The standard InChI is InChI=1S/C14H21N/c1-4-10(2)13-9-8-12-7-5-6-11(3)14(12)15-13/h5-7,10,13,15H,4,8-9H2,1-3H3. The van der Waals surface area contributed by atoms with Gasteiger partial charge in [0.1, 0.15) is 0 Å². The van der Waals surface area contributed by atoms with Crippen molar-refractivity contribution < 1.29 is 0 Å². The van der Waals surface area contributed by atoms with Crippen LogP contribution in [0.5, 0.6) is 0 Å². The first-order valence-electron chi connectivity index (χ1n) is 6.07. The van der Waals surface area contributed by atoms with Crippen LogP contribution < -0.4 is 5.32 Å². The summed E-state index contributed by atoms with van der Waals surface area (Å²) in [5.74, 6) is 0.776. The van der Waals surface area contributed by atoms with Gasteiger partial charge in [0.25, 0.3) is 0 Å². The van der Waals surface area contributed by atoms with Gasteiger partial charge >= 0.3 is 0 Å². The second-order valence-corrected chi connectivity index (χ2v) is 4.78. The average Bonchev–Trinajstić information content (AvgIpc) is 2.28. The van der Waals surface area contributed by atoms with E-state index in [-0.39, 0.29) is 0 Å². The molecular weight excluding hydrogens is 182 g/mol. The number of fused-ring (bicyclic) bond motifs is 1. The third kappa shape index (κ3) is 2.01. The van der Waals surface area contributed by atoms with Gasteiger partial charge in [-0.1, -0.05) is 38.5 Å². The van der Waals surface area contributed by atoms with Gasteiger partial charge in [-0.2, -0.15) is 0 Å². The molecule has 1 aromatic carbocycles. The maximum Gasteiger partial charge on any atom is 0.0404 e. The van der Waals surface area contributed by atoms with Crippen molar-refractivity contribution in [2.45, 2.75) is 46.1 Å². The zero-order chi connectivity index (χ0) is 10.8. The van der Waals surface area contributed by atoms with Gasteiger partial charge in [-0.05, 0) is 36.8 Å². The van der Waals surface area contributed by atoms with Crippen LogP contribution in [0.1, 0.15) is 37.8 Å². The van der Waals surface area contributed by atoms with Crippen LogP contribution >= 0.6 is 0 Å². The van der Waals surface area contributed by atoms with E-state index < -0.39 is 0 Å². The van der Waals surface area contributed by atoms with Crippen LogP contribution in [0.15, 0.2) is 18.2 Å². The van der Waals surface area contributed by atoms with E-state index in [0.29, 0.717) is 6.04 Å². The summed E-state index contributed by atoms with van der Waals surface area (Å²) in [5.41, 5.74) is 4.28. The molecule has 15 heavy (non-hydrogen) atoms. The van der Waals surface area contributed by atoms with Gasteiger partial charge in [0.15, 0.2) is 0 Å². The lowest BCUT2D eigenvalue weighted by molar-refractivity contribution is 0.436. The third-order valence-corrected chi connectivity index (χ3v) is 3.74. The van der Waals surface area contributed by atoms with Gasteiger partial charge in [0, 0.05) is 11.7 Å². The summed E-state index contributed by atoms with van der Waals surface area (Å²) in [5, 5.41) is 3.72. The first-order valence-corrected chi connectivity index (χ1v) is 6.07. The molecule has 0 saturated heterocycles. The number of benzene rings is 1. The Morgan fingerprint density at radius 3 is 3.00 bits per heavy atom. The van der Waals surface area contributed by atoms with E-state index >= 15 is 0 Å². The average molecular weight is 203 g/mol. The molecular formula is C14H21N. The molecule has 0 spiro atoms. The van der Waals surface area contributed by atoms with Crippen LogP contribution in [0, 0.1) is 12.8 Å². The van der Waals surface area contributed by atoms with Crippen molar-refractivity contribution in [1.29, 1.82) is 0 Å². The minimum Gasteiger partial charge on any atom is -0.382 e. The van der Waals surface area contributed by atoms with Crippen molar-refractivity contribution in [2.75, 3.05) is 5.32 Å². The quantitative estimate of drug-likeness (QED) is 0.771. The SMILES string of the molecule is CCC(C)C1CCc2cccc(C)c2N1. The number of nitrogens with one attached hydrogen (secondary N) is 1. The van der Waals surface area contributed by atoms with Crippen LogP contribution in [-0.2, 0) is 6.42 Å². The number of aryl methyl sites for hydroxylation is 2. The monoisotopic (exact) mass is 203 g/mol. The van der Waals surface area contributed by atoms with Gasteiger partial charge in [-0.15, -0.1) is 0 Å². The zero-order valence-electron chi connectivity index (χ0n) is 10.0. The number of hydrogen-bond donors (Lipinski definition) is 1. The predicted molar refractivity (Wildman–Crippen MR) is 66.4 cm³/mol. The van der Waals surface area contributed by atoms with E-state index in [0.717, 1.165) is 5.92 Å². The molecule has 0 amide bonds. The summed E-state index contributed by atoms with van der Waals surface area (Å²) in [4.78, 5) is 0.